The Labute approximate surface area is 324 Å². The van der Waals surface area contributed by atoms with Gasteiger partial charge in [0.2, 0.25) is 23.6 Å². The molecule has 0 saturated heterocycles. The highest BCUT2D eigenvalue weighted by atomic mass is 16.3. The third-order valence-electron chi connectivity index (χ3n) is 10.1. The van der Waals surface area contributed by atoms with Gasteiger partial charge in [-0.25, -0.2) is 0 Å². The van der Waals surface area contributed by atoms with Gasteiger partial charge in [0.25, 0.3) is 0 Å². The lowest BCUT2D eigenvalue weighted by molar-refractivity contribution is -0.143. The van der Waals surface area contributed by atoms with Crippen molar-refractivity contribution in [1.82, 2.24) is 42.1 Å². The lowest BCUT2D eigenvalue weighted by atomic mass is 9.95. The molecule has 9 N–H and O–H groups in total. The fraction of sp³-hybridized carbons (Fsp3) is 0.463. The number of nitrogens with zero attached hydrogens (tertiary/aromatic N) is 1. The Morgan fingerprint density at radius 2 is 1.65 bits per heavy atom. The van der Waals surface area contributed by atoms with E-state index in [1.807, 2.05) is 50.5 Å². The number of hydrogen-bond donors (Lipinski definition) is 9. The first-order valence-corrected chi connectivity index (χ1v) is 18.9. The Balaban J connectivity index is 1.75. The van der Waals surface area contributed by atoms with E-state index in [-0.39, 0.29) is 37.6 Å². The minimum absolute atomic E-state index is 0.0156. The Hall–Kier alpha value is -4.86. The average molecular weight is 759 g/mol. The molecule has 4 bridgehead atoms. The number of phenols is 1. The van der Waals surface area contributed by atoms with E-state index in [9.17, 15) is 29.4 Å². The normalized spacial score (nSPS) is 19.3. The summed E-state index contributed by atoms with van der Waals surface area (Å²) in [5.41, 5.74) is 3.45. The molecule has 0 aromatic heterocycles. The summed E-state index contributed by atoms with van der Waals surface area (Å²) in [6, 6.07) is 17.4. The van der Waals surface area contributed by atoms with E-state index in [2.05, 4.69) is 37.2 Å². The molecule has 14 heteroatoms. The first-order valence-electron chi connectivity index (χ1n) is 18.9. The van der Waals surface area contributed by atoms with Crippen molar-refractivity contribution in [3.8, 4) is 16.9 Å². The quantitative estimate of drug-likeness (QED) is 0.0934. The molecule has 0 spiro atoms. The van der Waals surface area contributed by atoms with E-state index in [0.717, 1.165) is 36.1 Å². The highest BCUT2D eigenvalue weighted by Gasteiger charge is 2.36. The SMILES string of the molecule is CNCCC[C@@H](CNC(=O)[C@@H](NC(=O)[C@@H]1Cc2cccc(c2)-c2ccc(O)c(c2)C[C@H](NC)C(=O)N[C@@H](C[C@@H](O)CNC)C(=O)N1C)c1ccccc1)NC. The highest BCUT2D eigenvalue weighted by Crippen LogP contribution is 2.29. The van der Waals surface area contributed by atoms with E-state index in [1.54, 1.807) is 50.5 Å². The molecule has 3 aromatic rings. The number of hydrogen-bond acceptors (Lipinski definition) is 10. The Kier molecular flexibility index (Phi) is 16.6. The van der Waals surface area contributed by atoms with Gasteiger partial charge in [-0.1, -0.05) is 60.7 Å². The third-order valence-corrected chi connectivity index (χ3v) is 10.1. The summed E-state index contributed by atoms with van der Waals surface area (Å²) < 4.78 is 0. The van der Waals surface area contributed by atoms with Crippen molar-refractivity contribution in [2.75, 3.05) is 54.9 Å². The molecule has 0 saturated carbocycles. The monoisotopic (exact) mass is 758 g/mol. The highest BCUT2D eigenvalue weighted by molar-refractivity contribution is 5.95. The van der Waals surface area contributed by atoms with Crippen LogP contribution in [0.5, 0.6) is 5.75 Å². The fourth-order valence-corrected chi connectivity index (χ4v) is 6.85. The number of rotatable bonds is 16. The second kappa shape index (κ2) is 21.3. The molecule has 4 rings (SSSR count). The van der Waals surface area contributed by atoms with Crippen LogP contribution in [0.4, 0.5) is 0 Å². The summed E-state index contributed by atoms with van der Waals surface area (Å²) in [5, 5.41) is 42.6. The smallest absolute Gasteiger partial charge is 0.247 e. The van der Waals surface area contributed by atoms with E-state index >= 15 is 0 Å². The van der Waals surface area contributed by atoms with Gasteiger partial charge in [-0.15, -0.1) is 0 Å². The molecular weight excluding hydrogens is 701 g/mol. The van der Waals surface area contributed by atoms with Crippen molar-refractivity contribution in [2.24, 2.45) is 0 Å². The standard InChI is InChI=1S/C41H58N8O6/c1-42-18-10-15-31(44-3)24-46-40(54)37(27-12-7-6-8-13-27)48-39(53)35-20-26-11-9-14-28(19-26)29-16-17-36(51)30(21-29)22-33(45-4)38(52)47-34(41(55)49(35)5)23-32(50)25-43-2/h6-9,11-14,16-17,19,21,31-35,37,42-45,50-51H,10,15,18,20,22-25H2,1-5H3,(H,46,54)(H,47,52)(H,48,53)/t31-,32+,33-,34-,35-,37-/m0/s1. The first-order chi connectivity index (χ1) is 26.5. The van der Waals surface area contributed by atoms with Gasteiger partial charge in [0, 0.05) is 45.4 Å². The van der Waals surface area contributed by atoms with Crippen LogP contribution in [0.25, 0.3) is 11.1 Å². The van der Waals surface area contributed by atoms with Crippen LogP contribution in [0.15, 0.2) is 72.8 Å². The minimum Gasteiger partial charge on any atom is -0.508 e. The number of amides is 4. The second-order valence-corrected chi connectivity index (χ2v) is 14.1. The molecular formula is C41H58N8O6. The van der Waals surface area contributed by atoms with Gasteiger partial charge in [-0.3, -0.25) is 19.2 Å². The van der Waals surface area contributed by atoms with Gasteiger partial charge in [0.1, 0.15) is 23.9 Å². The molecule has 4 amide bonds. The molecule has 1 aliphatic heterocycles. The number of fused-ring (bicyclic) bond motifs is 5. The van der Waals surface area contributed by atoms with E-state index in [1.165, 1.54) is 11.9 Å². The largest absolute Gasteiger partial charge is 0.508 e. The molecule has 6 atom stereocenters. The molecule has 1 aliphatic rings. The van der Waals surface area contributed by atoms with Crippen LogP contribution in [0.1, 0.15) is 42.0 Å². The summed E-state index contributed by atoms with van der Waals surface area (Å²) in [7, 11) is 8.51. The third kappa shape index (κ3) is 12.1. The van der Waals surface area contributed by atoms with Crippen LogP contribution >= 0.6 is 0 Å². The number of likely N-dealkylation sites (N-methyl/N-ethyl adjacent to an activating group) is 4. The maximum Gasteiger partial charge on any atom is 0.247 e. The number of nitrogens with one attached hydrogen (secondary N) is 7. The first kappa shape index (κ1) is 42.9. The number of phenolic OH excluding ortho intramolecular Hbond substituents is 1. The number of benzene rings is 3. The fourth-order valence-electron chi connectivity index (χ4n) is 6.85. The summed E-state index contributed by atoms with van der Waals surface area (Å²) in [5.74, 6) is -2.05. The zero-order valence-electron chi connectivity index (χ0n) is 32.5. The number of aromatic hydroxyl groups is 1. The minimum atomic E-state index is -1.21. The second-order valence-electron chi connectivity index (χ2n) is 14.1. The maximum absolute atomic E-state index is 14.6. The van der Waals surface area contributed by atoms with Crippen LogP contribution in [0, 0.1) is 0 Å². The average Bonchev–Trinajstić information content (AvgIpc) is 3.19. The molecule has 14 nitrogen and oxygen atoms in total. The molecule has 298 valence electrons. The predicted molar refractivity (Wildman–Crippen MR) is 213 cm³/mol. The van der Waals surface area contributed by atoms with Gasteiger partial charge in [-0.2, -0.15) is 0 Å². The van der Waals surface area contributed by atoms with E-state index in [4.69, 9.17) is 0 Å². The summed E-state index contributed by atoms with van der Waals surface area (Å²) in [4.78, 5) is 58.0. The molecule has 0 radical (unpaired) electrons. The van der Waals surface area contributed by atoms with Crippen molar-refractivity contribution in [2.45, 2.75) is 68.4 Å². The number of aliphatic hydroxyl groups is 1. The number of aliphatic hydroxyl groups excluding tert-OH is 1. The van der Waals surface area contributed by atoms with E-state index in [0.29, 0.717) is 17.7 Å². The summed E-state index contributed by atoms with van der Waals surface area (Å²) in [6.45, 7) is 1.35. The number of carbonyl (C=O) groups excluding carboxylic acids is 4. The molecule has 0 unspecified atom stereocenters. The van der Waals surface area contributed by atoms with Gasteiger partial charge in [0.05, 0.1) is 12.1 Å². The van der Waals surface area contributed by atoms with Crippen molar-refractivity contribution in [1.29, 1.82) is 0 Å². The van der Waals surface area contributed by atoms with Crippen molar-refractivity contribution in [3.05, 3.63) is 89.5 Å². The van der Waals surface area contributed by atoms with E-state index < -0.39 is 53.9 Å². The summed E-state index contributed by atoms with van der Waals surface area (Å²) in [6.07, 6.45) is 0.802. The topological polar surface area (TPSA) is 196 Å². The van der Waals surface area contributed by atoms with Gasteiger partial charge >= 0.3 is 0 Å². The van der Waals surface area contributed by atoms with Crippen molar-refractivity contribution >= 4 is 23.6 Å². The molecule has 0 fully saturated rings. The Morgan fingerprint density at radius 3 is 2.35 bits per heavy atom. The van der Waals surface area contributed by atoms with Crippen LogP contribution in [0.3, 0.4) is 0 Å². The van der Waals surface area contributed by atoms with Crippen LogP contribution in [0.2, 0.25) is 0 Å². The molecule has 0 aliphatic carbocycles. The van der Waals surface area contributed by atoms with Crippen LogP contribution < -0.4 is 37.2 Å². The lowest BCUT2D eigenvalue weighted by Gasteiger charge is -2.33. The van der Waals surface area contributed by atoms with Gasteiger partial charge in [0.15, 0.2) is 0 Å². The van der Waals surface area contributed by atoms with Gasteiger partial charge < -0.3 is 52.3 Å². The van der Waals surface area contributed by atoms with Crippen molar-refractivity contribution < 1.29 is 29.4 Å². The van der Waals surface area contributed by atoms with Crippen LogP contribution in [-0.4, -0.2) is 124 Å². The van der Waals surface area contributed by atoms with Crippen molar-refractivity contribution in [3.63, 3.8) is 0 Å². The predicted octanol–water partition coefficient (Wildman–Crippen LogP) is 0.589. The lowest BCUT2D eigenvalue weighted by Crippen LogP contribution is -2.58. The molecule has 55 heavy (non-hydrogen) atoms. The zero-order valence-corrected chi connectivity index (χ0v) is 32.5. The Morgan fingerprint density at radius 1 is 0.909 bits per heavy atom. The molecule has 1 heterocycles. The maximum atomic E-state index is 14.6. The Bertz CT molecular complexity index is 1730. The van der Waals surface area contributed by atoms with Crippen LogP contribution in [-0.2, 0) is 32.0 Å². The zero-order chi connectivity index (χ0) is 39.9. The summed E-state index contributed by atoms with van der Waals surface area (Å²) >= 11 is 0. The van der Waals surface area contributed by atoms with Gasteiger partial charge in [-0.05, 0) is 87.5 Å². The molecule has 3 aromatic carbocycles. The number of carbonyl (C=O) groups is 4.